The van der Waals surface area contributed by atoms with Crippen molar-refractivity contribution in [1.29, 1.82) is 15.8 Å². The molecule has 27 heavy (non-hydrogen) atoms. The molecule has 0 saturated heterocycles. The Balaban J connectivity index is 2.58. The van der Waals surface area contributed by atoms with Crippen LogP contribution >= 0.6 is 0 Å². The first-order chi connectivity index (χ1) is 13.0. The van der Waals surface area contributed by atoms with Gasteiger partial charge < -0.3 is 15.0 Å². The standard InChI is InChI=1S/C18H17N5O4/c19-8-1-11-23(12-2-9-20)17(25)13-27-18(26)14-3-5-15(6-4-14)22-16(24)7-10-21/h3-6H,1-2,7,11-13H2,(H,22,24). The lowest BCUT2D eigenvalue weighted by atomic mass is 10.2. The summed E-state index contributed by atoms with van der Waals surface area (Å²) in [5.41, 5.74) is 0.601. The lowest BCUT2D eigenvalue weighted by molar-refractivity contribution is -0.134. The fourth-order valence-corrected chi connectivity index (χ4v) is 2.00. The van der Waals surface area contributed by atoms with Crippen LogP contribution in [0.25, 0.3) is 0 Å². The molecule has 0 fully saturated rings. The van der Waals surface area contributed by atoms with E-state index in [0.717, 1.165) is 0 Å². The van der Waals surface area contributed by atoms with Crippen molar-refractivity contribution in [2.24, 2.45) is 0 Å². The van der Waals surface area contributed by atoms with Gasteiger partial charge in [-0.3, -0.25) is 9.59 Å². The molecule has 9 nitrogen and oxygen atoms in total. The summed E-state index contributed by atoms with van der Waals surface area (Å²) in [4.78, 5) is 36.7. The molecule has 0 heterocycles. The highest BCUT2D eigenvalue weighted by Crippen LogP contribution is 2.11. The highest BCUT2D eigenvalue weighted by Gasteiger charge is 2.16. The lowest BCUT2D eigenvalue weighted by Gasteiger charge is -2.20. The number of nitriles is 3. The van der Waals surface area contributed by atoms with E-state index in [1.165, 1.54) is 29.2 Å². The van der Waals surface area contributed by atoms with Crippen LogP contribution in [0.4, 0.5) is 5.69 Å². The van der Waals surface area contributed by atoms with Crippen molar-refractivity contribution >= 4 is 23.5 Å². The Bertz CT molecular complexity index is 781. The maximum Gasteiger partial charge on any atom is 0.338 e. The zero-order valence-corrected chi connectivity index (χ0v) is 14.5. The number of rotatable bonds is 9. The zero-order valence-electron chi connectivity index (χ0n) is 14.5. The number of hydrogen-bond donors (Lipinski definition) is 1. The van der Waals surface area contributed by atoms with E-state index in [1.807, 2.05) is 12.1 Å². The summed E-state index contributed by atoms with van der Waals surface area (Å²) in [7, 11) is 0. The van der Waals surface area contributed by atoms with Crippen molar-refractivity contribution in [2.75, 3.05) is 25.0 Å². The minimum absolute atomic E-state index is 0.115. The Kier molecular flexibility index (Phi) is 9.10. The van der Waals surface area contributed by atoms with Gasteiger partial charge in [-0.05, 0) is 24.3 Å². The smallest absolute Gasteiger partial charge is 0.338 e. The number of hydrogen-bond acceptors (Lipinski definition) is 7. The highest BCUT2D eigenvalue weighted by atomic mass is 16.5. The molecule has 1 aromatic rings. The van der Waals surface area contributed by atoms with Gasteiger partial charge in [-0.25, -0.2) is 4.79 Å². The molecule has 0 aromatic heterocycles. The minimum atomic E-state index is -0.723. The number of nitrogens with zero attached hydrogens (tertiary/aromatic N) is 4. The maximum absolute atomic E-state index is 12.1. The third kappa shape index (κ3) is 7.68. The lowest BCUT2D eigenvalue weighted by Crippen LogP contribution is -2.36. The van der Waals surface area contributed by atoms with Gasteiger partial charge in [0.1, 0.15) is 6.42 Å². The van der Waals surface area contributed by atoms with Crippen LogP contribution in [-0.4, -0.2) is 42.4 Å². The van der Waals surface area contributed by atoms with E-state index in [0.29, 0.717) is 5.69 Å². The van der Waals surface area contributed by atoms with Gasteiger partial charge in [-0.2, -0.15) is 15.8 Å². The van der Waals surface area contributed by atoms with E-state index in [4.69, 9.17) is 20.5 Å². The molecule has 0 bridgehead atoms. The molecule has 1 rings (SSSR count). The molecule has 0 aliphatic carbocycles. The fraction of sp³-hybridized carbons (Fsp3) is 0.333. The Morgan fingerprint density at radius 1 is 0.963 bits per heavy atom. The Morgan fingerprint density at radius 3 is 2.07 bits per heavy atom. The largest absolute Gasteiger partial charge is 0.452 e. The molecule has 2 amide bonds. The third-order valence-corrected chi connectivity index (χ3v) is 3.31. The molecule has 1 N–H and O–H groups in total. The second kappa shape index (κ2) is 11.6. The van der Waals surface area contributed by atoms with Crippen molar-refractivity contribution in [3.05, 3.63) is 29.8 Å². The van der Waals surface area contributed by atoms with Crippen molar-refractivity contribution in [2.45, 2.75) is 19.3 Å². The van der Waals surface area contributed by atoms with Crippen molar-refractivity contribution < 1.29 is 19.1 Å². The number of amides is 2. The van der Waals surface area contributed by atoms with E-state index in [2.05, 4.69) is 5.32 Å². The first kappa shape index (κ1) is 21.1. The third-order valence-electron chi connectivity index (χ3n) is 3.31. The van der Waals surface area contributed by atoms with Crippen LogP contribution < -0.4 is 5.32 Å². The second-order valence-corrected chi connectivity index (χ2v) is 5.23. The molecule has 0 radical (unpaired) electrons. The topological polar surface area (TPSA) is 147 Å². The minimum Gasteiger partial charge on any atom is -0.452 e. The van der Waals surface area contributed by atoms with E-state index >= 15 is 0 Å². The van der Waals surface area contributed by atoms with Gasteiger partial charge in [-0.15, -0.1) is 0 Å². The fourth-order valence-electron chi connectivity index (χ4n) is 2.00. The zero-order chi connectivity index (χ0) is 20.1. The summed E-state index contributed by atoms with van der Waals surface area (Å²) in [5, 5.41) is 28.2. The number of carbonyl (C=O) groups is 3. The molecule has 138 valence electrons. The monoisotopic (exact) mass is 367 g/mol. The molecular formula is C18H17N5O4. The van der Waals surface area contributed by atoms with Crippen molar-refractivity contribution in [3.8, 4) is 18.2 Å². The summed E-state index contributed by atoms with van der Waals surface area (Å²) >= 11 is 0. The molecule has 0 aliphatic heterocycles. The van der Waals surface area contributed by atoms with Crippen LogP contribution in [0.5, 0.6) is 0 Å². The predicted octanol–water partition coefficient (Wildman–Crippen LogP) is 1.35. The number of esters is 1. The molecule has 1 aromatic carbocycles. The predicted molar refractivity (Wildman–Crippen MR) is 92.6 cm³/mol. The molecule has 9 heteroatoms. The van der Waals surface area contributed by atoms with Gasteiger partial charge in [0.25, 0.3) is 5.91 Å². The quantitative estimate of drug-likeness (QED) is 0.648. The Hall–Kier alpha value is -3.90. The van der Waals surface area contributed by atoms with Crippen LogP contribution in [0.2, 0.25) is 0 Å². The van der Waals surface area contributed by atoms with E-state index in [9.17, 15) is 14.4 Å². The number of nitrogens with one attached hydrogen (secondary N) is 1. The molecule has 0 saturated carbocycles. The number of carbonyl (C=O) groups excluding carboxylic acids is 3. The van der Waals surface area contributed by atoms with E-state index in [-0.39, 0.29) is 37.9 Å². The number of benzene rings is 1. The summed E-state index contributed by atoms with van der Waals surface area (Å²) in [6.07, 6.45) is -0.0474. The Morgan fingerprint density at radius 2 is 1.56 bits per heavy atom. The van der Waals surface area contributed by atoms with Gasteiger partial charge in [0, 0.05) is 18.8 Å². The summed E-state index contributed by atoms with van der Waals surface area (Å²) in [6, 6.07) is 11.3. The van der Waals surface area contributed by atoms with Crippen molar-refractivity contribution in [3.63, 3.8) is 0 Å². The molecule has 0 atom stereocenters. The van der Waals surface area contributed by atoms with Crippen LogP contribution in [0.15, 0.2) is 24.3 Å². The average Bonchev–Trinajstić information content (AvgIpc) is 2.66. The molecule has 0 spiro atoms. The SMILES string of the molecule is N#CCCN(CCC#N)C(=O)COC(=O)c1ccc(NC(=O)CC#N)cc1. The number of ether oxygens (including phenoxy) is 1. The molecule has 0 unspecified atom stereocenters. The van der Waals surface area contributed by atoms with Crippen LogP contribution in [0, 0.1) is 34.0 Å². The second-order valence-electron chi connectivity index (χ2n) is 5.23. The molecular weight excluding hydrogens is 350 g/mol. The van der Waals surface area contributed by atoms with Crippen molar-refractivity contribution in [1.82, 2.24) is 4.90 Å². The number of anilines is 1. The average molecular weight is 367 g/mol. The van der Waals surface area contributed by atoms with Gasteiger partial charge in [-0.1, -0.05) is 0 Å². The van der Waals surface area contributed by atoms with Gasteiger partial charge in [0.2, 0.25) is 5.91 Å². The van der Waals surface area contributed by atoms with E-state index < -0.39 is 24.4 Å². The highest BCUT2D eigenvalue weighted by molar-refractivity contribution is 5.94. The summed E-state index contributed by atoms with van der Waals surface area (Å²) in [5.74, 6) is -1.68. The maximum atomic E-state index is 12.1. The molecule has 0 aliphatic rings. The summed E-state index contributed by atoms with van der Waals surface area (Å²) in [6.45, 7) is -0.187. The summed E-state index contributed by atoms with van der Waals surface area (Å²) < 4.78 is 4.96. The van der Waals surface area contributed by atoms with E-state index in [1.54, 1.807) is 6.07 Å². The normalized spacial score (nSPS) is 9.22. The van der Waals surface area contributed by atoms with Gasteiger partial charge in [0.05, 0.1) is 36.6 Å². The Labute approximate surface area is 156 Å². The first-order valence-electron chi connectivity index (χ1n) is 7.97. The van der Waals surface area contributed by atoms with Gasteiger partial charge >= 0.3 is 5.97 Å². The van der Waals surface area contributed by atoms with Crippen LogP contribution in [0.1, 0.15) is 29.6 Å². The van der Waals surface area contributed by atoms with Gasteiger partial charge in [0.15, 0.2) is 6.61 Å². The first-order valence-corrected chi connectivity index (χ1v) is 7.97. The van der Waals surface area contributed by atoms with Crippen LogP contribution in [0.3, 0.4) is 0 Å². The van der Waals surface area contributed by atoms with Crippen LogP contribution in [-0.2, 0) is 14.3 Å².